The lowest BCUT2D eigenvalue weighted by molar-refractivity contribution is 0.180. The van der Waals surface area contributed by atoms with Crippen molar-refractivity contribution in [1.82, 2.24) is 9.80 Å². The number of likely N-dealkylation sites (N-methyl/N-ethyl adjacent to an activating group) is 1. The van der Waals surface area contributed by atoms with Crippen LogP contribution in [-0.2, 0) is 13.0 Å². The van der Waals surface area contributed by atoms with Gasteiger partial charge in [0.2, 0.25) is 0 Å². The summed E-state index contributed by atoms with van der Waals surface area (Å²) in [5.74, 6) is 0. The molecule has 1 aromatic carbocycles. The van der Waals surface area contributed by atoms with Gasteiger partial charge in [0.05, 0.1) is 5.66 Å². The highest BCUT2D eigenvalue weighted by atomic mass is 15.2. The zero-order valence-corrected chi connectivity index (χ0v) is 13.1. The van der Waals surface area contributed by atoms with Crippen molar-refractivity contribution < 1.29 is 0 Å². The van der Waals surface area contributed by atoms with Crippen LogP contribution in [-0.4, -0.2) is 42.6 Å². The second-order valence-corrected chi connectivity index (χ2v) is 5.71. The van der Waals surface area contributed by atoms with Crippen LogP contribution < -0.4 is 5.73 Å². The summed E-state index contributed by atoms with van der Waals surface area (Å²) < 4.78 is 0. The third-order valence-corrected chi connectivity index (χ3v) is 3.91. The predicted molar refractivity (Wildman–Crippen MR) is 83.1 cm³/mol. The molecule has 1 atom stereocenters. The number of nitrogens with zero attached hydrogens (tertiary/aromatic N) is 2. The molecule has 0 fully saturated rings. The molecule has 0 spiro atoms. The van der Waals surface area contributed by atoms with E-state index in [0.717, 1.165) is 26.1 Å². The Balaban J connectivity index is 2.66. The van der Waals surface area contributed by atoms with E-state index in [0.29, 0.717) is 0 Å². The van der Waals surface area contributed by atoms with Crippen LogP contribution in [0.2, 0.25) is 0 Å². The van der Waals surface area contributed by atoms with Crippen molar-refractivity contribution in [3.63, 3.8) is 0 Å². The Morgan fingerprint density at radius 3 is 1.89 bits per heavy atom. The van der Waals surface area contributed by atoms with Gasteiger partial charge in [-0.1, -0.05) is 38.1 Å². The summed E-state index contributed by atoms with van der Waals surface area (Å²) in [6.45, 7) is 9.70. The molecule has 108 valence electrons. The smallest absolute Gasteiger partial charge is 0.0694 e. The average Bonchev–Trinajstić information content (AvgIpc) is 2.37. The predicted octanol–water partition coefficient (Wildman–Crippen LogP) is 2.31. The molecule has 19 heavy (non-hydrogen) atoms. The SMILES string of the molecule is CCN(CC)Cc1ccc(CC(C)(N)N(C)C)cc1. The second-order valence-electron chi connectivity index (χ2n) is 5.71. The van der Waals surface area contributed by atoms with Gasteiger partial charge in [-0.25, -0.2) is 0 Å². The summed E-state index contributed by atoms with van der Waals surface area (Å²) in [4.78, 5) is 4.48. The van der Waals surface area contributed by atoms with Gasteiger partial charge in [-0.3, -0.25) is 9.80 Å². The molecule has 1 rings (SSSR count). The van der Waals surface area contributed by atoms with Crippen LogP contribution >= 0.6 is 0 Å². The molecule has 0 amide bonds. The van der Waals surface area contributed by atoms with Crippen molar-refractivity contribution in [3.05, 3.63) is 35.4 Å². The van der Waals surface area contributed by atoms with Crippen LogP contribution in [0.25, 0.3) is 0 Å². The van der Waals surface area contributed by atoms with Gasteiger partial charge < -0.3 is 5.73 Å². The fourth-order valence-corrected chi connectivity index (χ4v) is 2.04. The van der Waals surface area contributed by atoms with Crippen LogP contribution in [0, 0.1) is 0 Å². The van der Waals surface area contributed by atoms with E-state index in [9.17, 15) is 0 Å². The molecule has 2 N–H and O–H groups in total. The van der Waals surface area contributed by atoms with Crippen molar-refractivity contribution in [3.8, 4) is 0 Å². The summed E-state index contributed by atoms with van der Waals surface area (Å²) in [7, 11) is 4.05. The van der Waals surface area contributed by atoms with E-state index in [4.69, 9.17) is 5.73 Å². The third-order valence-electron chi connectivity index (χ3n) is 3.91. The molecular weight excluding hydrogens is 234 g/mol. The highest BCUT2D eigenvalue weighted by Crippen LogP contribution is 2.14. The van der Waals surface area contributed by atoms with Gasteiger partial charge in [0.15, 0.2) is 0 Å². The molecule has 0 radical (unpaired) electrons. The van der Waals surface area contributed by atoms with E-state index in [1.165, 1.54) is 11.1 Å². The Labute approximate surface area is 118 Å². The van der Waals surface area contributed by atoms with Crippen molar-refractivity contribution in [2.75, 3.05) is 27.2 Å². The van der Waals surface area contributed by atoms with Gasteiger partial charge in [-0.15, -0.1) is 0 Å². The molecule has 0 aliphatic heterocycles. The van der Waals surface area contributed by atoms with Gasteiger partial charge in [-0.05, 0) is 45.2 Å². The van der Waals surface area contributed by atoms with E-state index in [1.54, 1.807) is 0 Å². The Bertz CT molecular complexity index is 364. The number of nitrogens with two attached hydrogens (primary N) is 1. The number of rotatable bonds is 7. The van der Waals surface area contributed by atoms with Crippen molar-refractivity contribution in [2.45, 2.75) is 39.4 Å². The summed E-state index contributed by atoms with van der Waals surface area (Å²) in [5, 5.41) is 0. The monoisotopic (exact) mass is 263 g/mol. The largest absolute Gasteiger partial charge is 0.313 e. The van der Waals surface area contributed by atoms with Gasteiger partial charge in [-0.2, -0.15) is 0 Å². The van der Waals surface area contributed by atoms with E-state index in [1.807, 2.05) is 14.1 Å². The molecule has 0 heterocycles. The molecule has 0 aromatic heterocycles. The van der Waals surface area contributed by atoms with Crippen LogP contribution in [0.15, 0.2) is 24.3 Å². The molecule has 0 aliphatic carbocycles. The molecule has 0 bridgehead atoms. The molecule has 3 heteroatoms. The minimum absolute atomic E-state index is 0.291. The first-order valence-electron chi connectivity index (χ1n) is 7.15. The zero-order valence-electron chi connectivity index (χ0n) is 13.1. The fraction of sp³-hybridized carbons (Fsp3) is 0.625. The maximum Gasteiger partial charge on any atom is 0.0694 e. The molecule has 1 aromatic rings. The molecule has 1 unspecified atom stereocenters. The molecular formula is C16H29N3. The van der Waals surface area contributed by atoms with Crippen LogP contribution in [0.1, 0.15) is 31.9 Å². The van der Waals surface area contributed by atoms with Crippen molar-refractivity contribution in [1.29, 1.82) is 0 Å². The third kappa shape index (κ3) is 4.94. The minimum atomic E-state index is -0.291. The van der Waals surface area contributed by atoms with E-state index in [-0.39, 0.29) is 5.66 Å². The first kappa shape index (κ1) is 16.2. The highest BCUT2D eigenvalue weighted by Gasteiger charge is 2.21. The number of benzene rings is 1. The molecule has 0 aliphatic rings. The van der Waals surface area contributed by atoms with Crippen LogP contribution in [0.4, 0.5) is 0 Å². The maximum atomic E-state index is 6.27. The standard InChI is InChI=1S/C16H29N3/c1-6-19(7-2)13-15-10-8-14(9-11-15)12-16(3,17)18(4)5/h8-11H,6-7,12-13,17H2,1-5H3. The lowest BCUT2D eigenvalue weighted by Crippen LogP contribution is -2.51. The van der Waals surface area contributed by atoms with Gasteiger partial charge in [0, 0.05) is 13.0 Å². The zero-order chi connectivity index (χ0) is 14.5. The first-order chi connectivity index (χ1) is 8.89. The topological polar surface area (TPSA) is 32.5 Å². The van der Waals surface area contributed by atoms with Gasteiger partial charge in [0.1, 0.15) is 0 Å². The lowest BCUT2D eigenvalue weighted by Gasteiger charge is -2.32. The van der Waals surface area contributed by atoms with Crippen molar-refractivity contribution >= 4 is 0 Å². The summed E-state index contributed by atoms with van der Waals surface area (Å²) in [6.07, 6.45) is 0.867. The van der Waals surface area contributed by atoms with Gasteiger partial charge >= 0.3 is 0 Å². The lowest BCUT2D eigenvalue weighted by atomic mass is 10.00. The van der Waals surface area contributed by atoms with E-state index in [2.05, 4.69) is 54.8 Å². The summed E-state index contributed by atoms with van der Waals surface area (Å²) in [5.41, 5.74) is 8.64. The Morgan fingerprint density at radius 1 is 1.00 bits per heavy atom. The number of hydrogen-bond donors (Lipinski definition) is 1. The van der Waals surface area contributed by atoms with Crippen LogP contribution in [0.5, 0.6) is 0 Å². The second kappa shape index (κ2) is 7.04. The van der Waals surface area contributed by atoms with Crippen LogP contribution in [0.3, 0.4) is 0 Å². The van der Waals surface area contributed by atoms with E-state index < -0.39 is 0 Å². The quantitative estimate of drug-likeness (QED) is 0.766. The first-order valence-corrected chi connectivity index (χ1v) is 7.15. The number of hydrogen-bond acceptors (Lipinski definition) is 3. The van der Waals surface area contributed by atoms with Gasteiger partial charge in [0.25, 0.3) is 0 Å². The average molecular weight is 263 g/mol. The Morgan fingerprint density at radius 2 is 1.47 bits per heavy atom. The van der Waals surface area contributed by atoms with E-state index >= 15 is 0 Å². The molecule has 0 saturated heterocycles. The summed E-state index contributed by atoms with van der Waals surface area (Å²) >= 11 is 0. The summed E-state index contributed by atoms with van der Waals surface area (Å²) in [6, 6.07) is 8.85. The molecule has 0 saturated carbocycles. The highest BCUT2D eigenvalue weighted by molar-refractivity contribution is 5.24. The Hall–Kier alpha value is -0.900. The Kier molecular flexibility index (Phi) is 5.98. The fourth-order valence-electron chi connectivity index (χ4n) is 2.04. The normalized spacial score (nSPS) is 14.9. The molecule has 3 nitrogen and oxygen atoms in total. The minimum Gasteiger partial charge on any atom is -0.313 e. The van der Waals surface area contributed by atoms with Crippen molar-refractivity contribution in [2.24, 2.45) is 5.73 Å². The maximum absolute atomic E-state index is 6.27.